The summed E-state index contributed by atoms with van der Waals surface area (Å²) in [7, 11) is 0. The molecule has 0 aliphatic rings. The number of nitrogens with zero attached hydrogens (tertiary/aromatic N) is 2. The molecule has 0 saturated carbocycles. The molecule has 0 fully saturated rings. The lowest BCUT2D eigenvalue weighted by Crippen LogP contribution is -2.02. The first-order valence-electron chi connectivity index (χ1n) is 6.04. The second-order valence-electron chi connectivity index (χ2n) is 4.43. The van der Waals surface area contributed by atoms with Crippen LogP contribution >= 0.6 is 0 Å². The molecular weight excluding hydrogens is 222 g/mol. The van der Waals surface area contributed by atoms with E-state index in [-0.39, 0.29) is 0 Å². The van der Waals surface area contributed by atoms with Crippen molar-refractivity contribution in [2.75, 3.05) is 5.32 Å². The summed E-state index contributed by atoms with van der Waals surface area (Å²) in [6.45, 7) is 2.90. The van der Waals surface area contributed by atoms with Crippen molar-refractivity contribution in [3.63, 3.8) is 0 Å². The number of fused-ring (bicyclic) bond motifs is 1. The van der Waals surface area contributed by atoms with E-state index in [2.05, 4.69) is 53.8 Å². The van der Waals surface area contributed by atoms with Crippen LogP contribution in [0.2, 0.25) is 0 Å². The fourth-order valence-corrected chi connectivity index (χ4v) is 2.10. The lowest BCUT2D eigenvalue weighted by atomic mass is 10.2. The average molecular weight is 237 g/mol. The van der Waals surface area contributed by atoms with E-state index < -0.39 is 0 Å². The third-order valence-electron chi connectivity index (χ3n) is 2.95. The molecule has 18 heavy (non-hydrogen) atoms. The summed E-state index contributed by atoms with van der Waals surface area (Å²) in [6, 6.07) is 12.5. The summed E-state index contributed by atoms with van der Waals surface area (Å²) >= 11 is 0. The molecule has 1 aromatic carbocycles. The van der Waals surface area contributed by atoms with Gasteiger partial charge in [-0.2, -0.15) is 0 Å². The maximum atomic E-state index is 4.37. The Morgan fingerprint density at radius 2 is 2.06 bits per heavy atom. The topological polar surface area (TPSA) is 29.3 Å². The molecule has 0 radical (unpaired) electrons. The highest BCUT2D eigenvalue weighted by Gasteiger charge is 2.03. The van der Waals surface area contributed by atoms with Crippen LogP contribution in [-0.2, 0) is 6.54 Å². The van der Waals surface area contributed by atoms with E-state index in [0.717, 1.165) is 17.9 Å². The van der Waals surface area contributed by atoms with Gasteiger partial charge in [-0.05, 0) is 24.1 Å². The zero-order chi connectivity index (χ0) is 12.4. The summed E-state index contributed by atoms with van der Waals surface area (Å²) in [5, 5.41) is 3.45. The molecule has 0 aliphatic carbocycles. The van der Waals surface area contributed by atoms with Crippen molar-refractivity contribution in [1.29, 1.82) is 0 Å². The van der Waals surface area contributed by atoms with Crippen molar-refractivity contribution in [3.8, 4) is 0 Å². The zero-order valence-electron chi connectivity index (χ0n) is 10.3. The molecule has 0 bridgehead atoms. The molecule has 3 nitrogen and oxygen atoms in total. The van der Waals surface area contributed by atoms with Gasteiger partial charge >= 0.3 is 0 Å². The molecule has 0 unspecified atom stereocenters. The number of benzene rings is 1. The van der Waals surface area contributed by atoms with Crippen molar-refractivity contribution in [2.24, 2.45) is 0 Å². The molecule has 0 amide bonds. The zero-order valence-corrected chi connectivity index (χ0v) is 10.3. The largest absolute Gasteiger partial charge is 0.378 e. The van der Waals surface area contributed by atoms with Crippen molar-refractivity contribution in [3.05, 3.63) is 66.1 Å². The van der Waals surface area contributed by atoms with E-state index >= 15 is 0 Å². The minimum Gasteiger partial charge on any atom is -0.378 e. The van der Waals surface area contributed by atoms with Gasteiger partial charge in [-0.15, -0.1) is 0 Å². The first-order chi connectivity index (χ1) is 8.83. The highest BCUT2D eigenvalue weighted by molar-refractivity contribution is 5.68. The number of rotatable bonds is 3. The Balaban J connectivity index is 1.88. The van der Waals surface area contributed by atoms with Gasteiger partial charge in [0.25, 0.3) is 0 Å². The predicted octanol–water partition coefficient (Wildman–Crippen LogP) is 3.25. The van der Waals surface area contributed by atoms with E-state index in [1.807, 2.05) is 22.9 Å². The van der Waals surface area contributed by atoms with Crippen molar-refractivity contribution in [2.45, 2.75) is 13.5 Å². The van der Waals surface area contributed by atoms with Gasteiger partial charge in [-0.3, -0.25) is 0 Å². The Morgan fingerprint density at radius 1 is 1.22 bits per heavy atom. The fourth-order valence-electron chi connectivity index (χ4n) is 2.10. The van der Waals surface area contributed by atoms with Crippen LogP contribution in [-0.4, -0.2) is 9.38 Å². The van der Waals surface area contributed by atoms with Crippen molar-refractivity contribution in [1.82, 2.24) is 9.38 Å². The van der Waals surface area contributed by atoms with Gasteiger partial charge in [-0.1, -0.05) is 30.3 Å². The van der Waals surface area contributed by atoms with E-state index in [9.17, 15) is 0 Å². The minimum atomic E-state index is 0.812. The van der Waals surface area contributed by atoms with Crippen molar-refractivity contribution < 1.29 is 0 Å². The van der Waals surface area contributed by atoms with Gasteiger partial charge in [0.2, 0.25) is 0 Å². The SMILES string of the molecule is Cc1cc(NCc2ccccc2)c2nccn2c1. The third-order valence-corrected chi connectivity index (χ3v) is 2.95. The summed E-state index contributed by atoms with van der Waals surface area (Å²) in [6.07, 6.45) is 5.87. The molecular formula is C15H15N3. The fraction of sp³-hybridized carbons (Fsp3) is 0.133. The first kappa shape index (κ1) is 10.8. The Kier molecular flexibility index (Phi) is 2.73. The number of anilines is 1. The molecule has 1 N–H and O–H groups in total. The smallest absolute Gasteiger partial charge is 0.160 e. The van der Waals surface area contributed by atoms with Crippen LogP contribution in [0.25, 0.3) is 5.65 Å². The normalized spacial score (nSPS) is 10.7. The average Bonchev–Trinajstić information content (AvgIpc) is 2.85. The Bertz CT molecular complexity index is 656. The molecule has 90 valence electrons. The van der Waals surface area contributed by atoms with Crippen LogP contribution < -0.4 is 5.32 Å². The van der Waals surface area contributed by atoms with Gasteiger partial charge in [-0.25, -0.2) is 4.98 Å². The van der Waals surface area contributed by atoms with Gasteiger partial charge in [0.15, 0.2) is 5.65 Å². The molecule has 3 heteroatoms. The highest BCUT2D eigenvalue weighted by Crippen LogP contribution is 2.18. The van der Waals surface area contributed by atoms with Gasteiger partial charge in [0.05, 0.1) is 5.69 Å². The summed E-state index contributed by atoms with van der Waals surface area (Å²) in [4.78, 5) is 4.37. The Hall–Kier alpha value is -2.29. The van der Waals surface area contributed by atoms with E-state index in [4.69, 9.17) is 0 Å². The molecule has 0 aliphatic heterocycles. The quantitative estimate of drug-likeness (QED) is 0.757. The first-order valence-corrected chi connectivity index (χ1v) is 6.04. The molecule has 3 rings (SSSR count). The second-order valence-corrected chi connectivity index (χ2v) is 4.43. The molecule has 0 atom stereocenters. The molecule has 3 aromatic rings. The Morgan fingerprint density at radius 3 is 2.89 bits per heavy atom. The number of imidazole rings is 1. The number of hydrogen-bond donors (Lipinski definition) is 1. The number of nitrogens with one attached hydrogen (secondary N) is 1. The number of hydrogen-bond acceptors (Lipinski definition) is 2. The number of pyridine rings is 1. The number of aryl methyl sites for hydroxylation is 1. The molecule has 0 spiro atoms. The van der Waals surface area contributed by atoms with Crippen LogP contribution in [0.4, 0.5) is 5.69 Å². The lowest BCUT2D eigenvalue weighted by molar-refractivity contribution is 1.11. The van der Waals surface area contributed by atoms with Crippen molar-refractivity contribution >= 4 is 11.3 Å². The number of aromatic nitrogens is 2. The monoisotopic (exact) mass is 237 g/mol. The maximum Gasteiger partial charge on any atom is 0.160 e. The summed E-state index contributed by atoms with van der Waals surface area (Å²) in [5.74, 6) is 0. The predicted molar refractivity (Wildman–Crippen MR) is 73.7 cm³/mol. The van der Waals surface area contributed by atoms with Crippen LogP contribution in [0.1, 0.15) is 11.1 Å². The van der Waals surface area contributed by atoms with Crippen LogP contribution in [0.5, 0.6) is 0 Å². The van der Waals surface area contributed by atoms with E-state index in [0.29, 0.717) is 0 Å². The van der Waals surface area contributed by atoms with Crippen LogP contribution in [0.3, 0.4) is 0 Å². The van der Waals surface area contributed by atoms with Crippen LogP contribution in [0.15, 0.2) is 55.0 Å². The minimum absolute atomic E-state index is 0.812. The molecule has 2 aromatic heterocycles. The second kappa shape index (κ2) is 4.53. The van der Waals surface area contributed by atoms with E-state index in [1.54, 1.807) is 0 Å². The molecule has 2 heterocycles. The van der Waals surface area contributed by atoms with E-state index in [1.165, 1.54) is 11.1 Å². The molecule has 0 saturated heterocycles. The summed E-state index contributed by atoms with van der Waals surface area (Å²) in [5.41, 5.74) is 4.53. The standard InChI is InChI=1S/C15H15N3/c1-12-9-14(15-16-7-8-18(15)11-12)17-10-13-5-3-2-4-6-13/h2-9,11,17H,10H2,1H3. The lowest BCUT2D eigenvalue weighted by Gasteiger charge is -2.09. The third kappa shape index (κ3) is 2.07. The maximum absolute atomic E-state index is 4.37. The summed E-state index contributed by atoms with van der Waals surface area (Å²) < 4.78 is 2.04. The van der Waals surface area contributed by atoms with Crippen LogP contribution in [0, 0.1) is 6.92 Å². The van der Waals surface area contributed by atoms with Gasteiger partial charge < -0.3 is 9.72 Å². The highest BCUT2D eigenvalue weighted by atomic mass is 15.0. The Labute approximate surface area is 106 Å². The van der Waals surface area contributed by atoms with Gasteiger partial charge in [0.1, 0.15) is 0 Å². The van der Waals surface area contributed by atoms with Gasteiger partial charge in [0, 0.05) is 25.1 Å².